The fourth-order valence-electron chi connectivity index (χ4n) is 3.21. The lowest BCUT2D eigenvalue weighted by Crippen LogP contribution is -2.26. The minimum Gasteiger partial charge on any atom is -0.497 e. The zero-order chi connectivity index (χ0) is 23.0. The normalized spacial score (nSPS) is 10.8. The number of hydrogen-bond acceptors (Lipinski definition) is 7. The summed E-state index contributed by atoms with van der Waals surface area (Å²) >= 11 is 1.53. The Morgan fingerprint density at radius 2 is 1.94 bits per heavy atom. The second kappa shape index (κ2) is 10.8. The maximum Gasteiger partial charge on any atom is 0.251 e. The van der Waals surface area contributed by atoms with Crippen molar-refractivity contribution < 1.29 is 18.7 Å². The number of benzene rings is 2. The molecule has 0 unspecified atom stereocenters. The van der Waals surface area contributed by atoms with E-state index in [4.69, 9.17) is 13.9 Å². The van der Waals surface area contributed by atoms with Gasteiger partial charge >= 0.3 is 0 Å². The van der Waals surface area contributed by atoms with Gasteiger partial charge in [0.05, 0.1) is 25.7 Å². The van der Waals surface area contributed by atoms with E-state index in [9.17, 15) is 4.79 Å². The van der Waals surface area contributed by atoms with E-state index in [-0.39, 0.29) is 5.91 Å². The predicted molar refractivity (Wildman–Crippen MR) is 126 cm³/mol. The molecule has 0 spiro atoms. The van der Waals surface area contributed by atoms with Crippen molar-refractivity contribution in [1.82, 2.24) is 20.1 Å². The molecule has 2 aromatic heterocycles. The second-order valence-electron chi connectivity index (χ2n) is 7.05. The van der Waals surface area contributed by atoms with Crippen LogP contribution in [0, 0.1) is 0 Å². The van der Waals surface area contributed by atoms with E-state index in [1.807, 2.05) is 59.2 Å². The highest BCUT2D eigenvalue weighted by Crippen LogP contribution is 2.30. The summed E-state index contributed by atoms with van der Waals surface area (Å²) in [4.78, 5) is 12.4. The van der Waals surface area contributed by atoms with Crippen molar-refractivity contribution in [3.8, 4) is 23.0 Å². The third-order valence-electron chi connectivity index (χ3n) is 4.85. The number of aromatic nitrogens is 3. The van der Waals surface area contributed by atoms with Crippen LogP contribution in [0.2, 0.25) is 0 Å². The molecule has 2 aromatic carbocycles. The van der Waals surface area contributed by atoms with Gasteiger partial charge in [0.1, 0.15) is 5.75 Å². The SMILES string of the molecule is COCCNC(=O)c1cccc(CSc2nnc(-c3ccco3)n2-c2ccc(OC)cc2)c1. The van der Waals surface area contributed by atoms with Crippen molar-refractivity contribution in [2.75, 3.05) is 27.4 Å². The largest absolute Gasteiger partial charge is 0.497 e. The molecule has 0 aliphatic heterocycles. The summed E-state index contributed by atoms with van der Waals surface area (Å²) < 4.78 is 17.8. The third-order valence-corrected chi connectivity index (χ3v) is 5.85. The van der Waals surface area contributed by atoms with Crippen LogP contribution in [0.4, 0.5) is 0 Å². The molecular weight excluding hydrogens is 440 g/mol. The predicted octanol–water partition coefficient (Wildman–Crippen LogP) is 4.20. The molecule has 0 aliphatic rings. The fraction of sp³-hybridized carbons (Fsp3) is 0.208. The van der Waals surface area contributed by atoms with Crippen LogP contribution in [-0.4, -0.2) is 48.0 Å². The summed E-state index contributed by atoms with van der Waals surface area (Å²) in [6.45, 7) is 0.940. The molecule has 4 rings (SSSR count). The average Bonchev–Trinajstić information content (AvgIpc) is 3.53. The standard InChI is InChI=1S/C24H24N4O4S/c1-30-14-12-25-23(29)18-6-3-5-17(15-18)16-33-24-27-26-22(21-7-4-13-32-21)28(24)19-8-10-20(31-2)11-9-19/h3-11,13,15H,12,14,16H2,1-2H3,(H,25,29). The van der Waals surface area contributed by atoms with Gasteiger partial charge in [-0.1, -0.05) is 23.9 Å². The van der Waals surface area contributed by atoms with Crippen LogP contribution < -0.4 is 10.1 Å². The van der Waals surface area contributed by atoms with Gasteiger partial charge in [0, 0.05) is 25.0 Å². The van der Waals surface area contributed by atoms with Gasteiger partial charge in [-0.25, -0.2) is 0 Å². The number of amides is 1. The molecule has 0 bridgehead atoms. The van der Waals surface area contributed by atoms with Crippen molar-refractivity contribution >= 4 is 17.7 Å². The number of carbonyl (C=O) groups excluding carboxylic acids is 1. The Kier molecular flexibility index (Phi) is 7.43. The molecule has 0 aliphatic carbocycles. The van der Waals surface area contributed by atoms with Gasteiger partial charge in [0.2, 0.25) is 5.82 Å². The van der Waals surface area contributed by atoms with Crippen LogP contribution in [-0.2, 0) is 10.5 Å². The van der Waals surface area contributed by atoms with Gasteiger partial charge in [-0.05, 0) is 54.1 Å². The highest BCUT2D eigenvalue weighted by atomic mass is 32.2. The molecule has 2 heterocycles. The first-order valence-electron chi connectivity index (χ1n) is 10.3. The number of hydrogen-bond donors (Lipinski definition) is 1. The molecule has 9 heteroatoms. The molecule has 0 radical (unpaired) electrons. The number of carbonyl (C=O) groups is 1. The highest BCUT2D eigenvalue weighted by Gasteiger charge is 2.18. The summed E-state index contributed by atoms with van der Waals surface area (Å²) in [6, 6.07) is 18.9. The number of methoxy groups -OCH3 is 2. The summed E-state index contributed by atoms with van der Waals surface area (Å²) in [5.41, 5.74) is 2.50. The quantitative estimate of drug-likeness (QED) is 0.278. The van der Waals surface area contributed by atoms with E-state index >= 15 is 0 Å². The number of nitrogens with one attached hydrogen (secondary N) is 1. The Hall–Kier alpha value is -3.56. The van der Waals surface area contributed by atoms with Gasteiger partial charge in [-0.3, -0.25) is 9.36 Å². The molecule has 0 atom stereocenters. The Morgan fingerprint density at radius 1 is 1.09 bits per heavy atom. The molecule has 0 saturated heterocycles. The fourth-order valence-corrected chi connectivity index (χ4v) is 4.11. The number of furan rings is 1. The van der Waals surface area contributed by atoms with Crippen molar-refractivity contribution in [2.45, 2.75) is 10.9 Å². The zero-order valence-corrected chi connectivity index (χ0v) is 19.2. The van der Waals surface area contributed by atoms with Crippen LogP contribution in [0.25, 0.3) is 17.3 Å². The molecule has 8 nitrogen and oxygen atoms in total. The lowest BCUT2D eigenvalue weighted by Gasteiger charge is -2.10. The summed E-state index contributed by atoms with van der Waals surface area (Å²) in [6.07, 6.45) is 1.61. The first-order chi connectivity index (χ1) is 16.2. The maximum atomic E-state index is 12.4. The molecule has 1 amide bonds. The van der Waals surface area contributed by atoms with Crippen LogP contribution in [0.3, 0.4) is 0 Å². The minimum atomic E-state index is -0.125. The monoisotopic (exact) mass is 464 g/mol. The first-order valence-corrected chi connectivity index (χ1v) is 11.3. The highest BCUT2D eigenvalue weighted by molar-refractivity contribution is 7.98. The smallest absolute Gasteiger partial charge is 0.251 e. The Labute approximate surface area is 195 Å². The van der Waals surface area contributed by atoms with Crippen LogP contribution in [0.1, 0.15) is 15.9 Å². The van der Waals surface area contributed by atoms with E-state index in [1.165, 1.54) is 11.8 Å². The van der Waals surface area contributed by atoms with E-state index in [0.717, 1.165) is 17.0 Å². The Morgan fingerprint density at radius 3 is 2.67 bits per heavy atom. The van der Waals surface area contributed by atoms with Crippen molar-refractivity contribution in [3.63, 3.8) is 0 Å². The van der Waals surface area contributed by atoms with Gasteiger partial charge in [-0.15, -0.1) is 10.2 Å². The number of rotatable bonds is 10. The number of ether oxygens (including phenoxy) is 2. The number of nitrogens with zero attached hydrogens (tertiary/aromatic N) is 3. The minimum absolute atomic E-state index is 0.125. The molecule has 0 fully saturated rings. The van der Waals surface area contributed by atoms with Gasteiger partial charge in [0.25, 0.3) is 5.91 Å². The van der Waals surface area contributed by atoms with Crippen LogP contribution in [0.15, 0.2) is 76.5 Å². The third kappa shape index (κ3) is 5.44. The molecule has 33 heavy (non-hydrogen) atoms. The van der Waals surface area contributed by atoms with Gasteiger partial charge < -0.3 is 19.2 Å². The lowest BCUT2D eigenvalue weighted by molar-refractivity contribution is 0.0937. The Balaban J connectivity index is 1.56. The van der Waals surface area contributed by atoms with Crippen molar-refractivity contribution in [2.24, 2.45) is 0 Å². The summed E-state index contributed by atoms with van der Waals surface area (Å²) in [5.74, 6) is 2.49. The molecular formula is C24H24N4O4S. The summed E-state index contributed by atoms with van der Waals surface area (Å²) in [7, 11) is 3.24. The number of thioether (sulfide) groups is 1. The van der Waals surface area contributed by atoms with E-state index < -0.39 is 0 Å². The van der Waals surface area contributed by atoms with E-state index in [0.29, 0.717) is 41.2 Å². The second-order valence-corrected chi connectivity index (χ2v) is 8.00. The molecule has 170 valence electrons. The summed E-state index contributed by atoms with van der Waals surface area (Å²) in [5, 5.41) is 12.3. The maximum absolute atomic E-state index is 12.4. The molecule has 1 N–H and O–H groups in total. The van der Waals surface area contributed by atoms with Crippen LogP contribution >= 0.6 is 11.8 Å². The van der Waals surface area contributed by atoms with Gasteiger partial charge in [-0.2, -0.15) is 0 Å². The molecule has 4 aromatic rings. The lowest BCUT2D eigenvalue weighted by atomic mass is 10.1. The van der Waals surface area contributed by atoms with E-state index in [1.54, 1.807) is 26.5 Å². The average molecular weight is 465 g/mol. The zero-order valence-electron chi connectivity index (χ0n) is 18.4. The van der Waals surface area contributed by atoms with Gasteiger partial charge in [0.15, 0.2) is 10.9 Å². The topological polar surface area (TPSA) is 91.4 Å². The van der Waals surface area contributed by atoms with Crippen molar-refractivity contribution in [1.29, 1.82) is 0 Å². The van der Waals surface area contributed by atoms with Crippen molar-refractivity contribution in [3.05, 3.63) is 78.1 Å². The van der Waals surface area contributed by atoms with E-state index in [2.05, 4.69) is 15.5 Å². The van der Waals surface area contributed by atoms with Crippen LogP contribution in [0.5, 0.6) is 5.75 Å². The molecule has 0 saturated carbocycles. The first kappa shape index (κ1) is 22.6. The Bertz CT molecular complexity index is 1190.